The van der Waals surface area contributed by atoms with Gasteiger partial charge in [-0.1, -0.05) is 267 Å². The molecule has 0 aromatic carbocycles. The largest absolute Gasteiger partial charge is 0.472 e. The molecule has 19 heteroatoms. The van der Waals surface area contributed by atoms with Crippen LogP contribution in [0.4, 0.5) is 0 Å². The van der Waals surface area contributed by atoms with Crippen molar-refractivity contribution in [1.29, 1.82) is 0 Å². The van der Waals surface area contributed by atoms with Crippen LogP contribution in [0.2, 0.25) is 0 Å². The van der Waals surface area contributed by atoms with Crippen LogP contribution in [0.25, 0.3) is 0 Å². The maximum absolute atomic E-state index is 13.1. The Bertz CT molecular complexity index is 2740. The topological polar surface area (TPSA) is 237 Å². The van der Waals surface area contributed by atoms with E-state index in [-0.39, 0.29) is 25.7 Å². The molecule has 0 aromatic heterocycles. The first-order valence-corrected chi connectivity index (χ1v) is 41.7. The number of phosphoric acid groups is 2. The van der Waals surface area contributed by atoms with Crippen LogP contribution in [-0.4, -0.2) is 96.7 Å². The minimum atomic E-state index is -5.01. The number of esters is 4. The fraction of sp³-hybridized carbons (Fsp3) is 0.576. The number of rotatable bonds is 70. The molecule has 0 fully saturated rings. The summed E-state index contributed by atoms with van der Waals surface area (Å²) in [6.07, 6.45) is 91.6. The molecule has 0 amide bonds. The molecule has 5 atom stereocenters. The Morgan fingerprint density at radius 1 is 0.279 bits per heavy atom. The molecule has 3 N–H and O–H groups in total. The van der Waals surface area contributed by atoms with Crippen LogP contribution in [-0.2, 0) is 65.4 Å². The highest BCUT2D eigenvalue weighted by Gasteiger charge is 2.30. The lowest BCUT2D eigenvalue weighted by Crippen LogP contribution is -2.30. The summed E-state index contributed by atoms with van der Waals surface area (Å²) in [5.74, 6) is -2.40. The molecule has 0 bridgehead atoms. The van der Waals surface area contributed by atoms with Gasteiger partial charge >= 0.3 is 39.5 Å². The van der Waals surface area contributed by atoms with E-state index in [0.29, 0.717) is 38.5 Å². The minimum absolute atomic E-state index is 0.0214. The molecule has 0 saturated carbocycles. The summed E-state index contributed by atoms with van der Waals surface area (Å²) in [4.78, 5) is 72.9. The van der Waals surface area contributed by atoms with E-state index < -0.39 is 97.5 Å². The number of carbonyl (C=O) groups excluding carboxylic acids is 4. The minimum Gasteiger partial charge on any atom is -0.462 e. The Kier molecular flexibility index (Phi) is 70.7. The van der Waals surface area contributed by atoms with Gasteiger partial charge in [-0.05, 0) is 161 Å². The first-order chi connectivity index (χ1) is 50.7. The van der Waals surface area contributed by atoms with Gasteiger partial charge in [-0.3, -0.25) is 37.3 Å². The quantitative estimate of drug-likeness (QED) is 0.0169. The first-order valence-electron chi connectivity index (χ1n) is 38.7. The van der Waals surface area contributed by atoms with E-state index in [1.54, 1.807) is 0 Å². The molecule has 0 radical (unpaired) electrons. The highest BCUT2D eigenvalue weighted by atomic mass is 31.2. The second kappa shape index (κ2) is 75.1. The van der Waals surface area contributed by atoms with E-state index in [0.717, 1.165) is 161 Å². The number of aliphatic hydroxyl groups is 1. The number of carbonyl (C=O) groups is 4. The molecule has 104 heavy (non-hydrogen) atoms. The van der Waals surface area contributed by atoms with E-state index >= 15 is 0 Å². The van der Waals surface area contributed by atoms with Gasteiger partial charge in [-0.15, -0.1) is 0 Å². The summed E-state index contributed by atoms with van der Waals surface area (Å²) in [7, 11) is -10.0. The second-order valence-electron chi connectivity index (χ2n) is 24.8. The Balaban J connectivity index is 5.50. The average molecular weight is 1490 g/mol. The molecule has 0 aliphatic heterocycles. The summed E-state index contributed by atoms with van der Waals surface area (Å²) in [6.45, 7) is 4.26. The van der Waals surface area contributed by atoms with Gasteiger partial charge in [-0.2, -0.15) is 0 Å². The number of hydrogen-bond donors (Lipinski definition) is 3. The van der Waals surface area contributed by atoms with Crippen molar-refractivity contribution in [3.8, 4) is 0 Å². The lowest BCUT2D eigenvalue weighted by molar-refractivity contribution is -0.161. The van der Waals surface area contributed by atoms with Crippen molar-refractivity contribution in [2.24, 2.45) is 0 Å². The summed E-state index contributed by atoms with van der Waals surface area (Å²) in [5, 5.41) is 10.6. The molecule has 0 saturated heterocycles. The number of ether oxygens (including phenoxy) is 4. The third kappa shape index (κ3) is 74.2. The van der Waals surface area contributed by atoms with Crippen LogP contribution < -0.4 is 0 Å². The fourth-order valence-corrected chi connectivity index (χ4v) is 10.8. The third-order valence-electron chi connectivity index (χ3n) is 15.0. The molecule has 0 aliphatic carbocycles. The van der Waals surface area contributed by atoms with Crippen molar-refractivity contribution >= 4 is 39.5 Å². The van der Waals surface area contributed by atoms with E-state index in [4.69, 9.17) is 37.0 Å². The first kappa shape index (κ1) is 97.9. The van der Waals surface area contributed by atoms with Crippen LogP contribution >= 0.6 is 15.6 Å². The van der Waals surface area contributed by atoms with Gasteiger partial charge in [0.1, 0.15) is 19.3 Å². The number of unbranched alkanes of at least 4 members (excludes halogenated alkanes) is 12. The van der Waals surface area contributed by atoms with Crippen molar-refractivity contribution in [2.75, 3.05) is 39.6 Å². The maximum Gasteiger partial charge on any atom is 0.472 e. The molecule has 17 nitrogen and oxygen atoms in total. The standard InChI is InChI=1S/C85H134O17P2/c1-5-9-13-17-21-25-29-32-35-38-39-42-44-47-51-54-58-62-66-70-83(88)96-76-81(102-85(90)72-68-64-60-56-52-48-45-41-37-34-31-27-23-19-15-11-7-3)78-100-104(93,94)98-74-79(86)73-97-103(91,92)99-77-80(101-84(89)71-67-63-59-55-49-28-24-20-16-12-8-4)75-95-82(87)69-65-61-57-53-50-46-43-40-36-33-30-26-22-18-14-10-6-2/h9-11,13-15,20-27,32-37,39,42-43,45-48,51,53,57-58,62,79-81,86H,5-8,12,16-19,28-31,38,40-41,44,49-50,52,54-56,59-61,63-78H2,1-4H3,(H,91,92)(H,93,94)/b13-9-,14-10-,15-11-,24-20-,25-21-,26-22-,27-23-,35-32-,36-33-,37-34-,42-39-,46-43-,48-45-,51-47-,57-53-,62-58-. The van der Waals surface area contributed by atoms with E-state index in [1.807, 2.05) is 30.4 Å². The molecule has 5 unspecified atom stereocenters. The lowest BCUT2D eigenvalue weighted by Gasteiger charge is -2.21. The van der Waals surface area contributed by atoms with Crippen molar-refractivity contribution in [3.05, 3.63) is 194 Å². The van der Waals surface area contributed by atoms with Gasteiger partial charge in [0, 0.05) is 25.7 Å². The number of aliphatic hydroxyl groups excluding tert-OH is 1. The highest BCUT2D eigenvalue weighted by molar-refractivity contribution is 7.47. The van der Waals surface area contributed by atoms with Gasteiger partial charge in [0.15, 0.2) is 12.2 Å². The molecular weight excluding hydrogens is 1350 g/mol. The van der Waals surface area contributed by atoms with Crippen LogP contribution in [0.5, 0.6) is 0 Å². The smallest absolute Gasteiger partial charge is 0.462 e. The zero-order valence-corrected chi connectivity index (χ0v) is 65.6. The van der Waals surface area contributed by atoms with Crippen LogP contribution in [0, 0.1) is 0 Å². The van der Waals surface area contributed by atoms with Gasteiger partial charge in [0.25, 0.3) is 0 Å². The van der Waals surface area contributed by atoms with Crippen LogP contribution in [0.15, 0.2) is 194 Å². The normalized spacial score (nSPS) is 15.0. The van der Waals surface area contributed by atoms with Crippen LogP contribution in [0.1, 0.15) is 259 Å². The molecular formula is C85H134O17P2. The maximum atomic E-state index is 13.1. The zero-order chi connectivity index (χ0) is 76.0. The van der Waals surface area contributed by atoms with Gasteiger partial charge in [0.05, 0.1) is 26.4 Å². The number of hydrogen-bond acceptors (Lipinski definition) is 15. The molecule has 0 aromatic rings. The van der Waals surface area contributed by atoms with Crippen molar-refractivity contribution in [1.82, 2.24) is 0 Å². The number of phosphoric ester groups is 2. The molecule has 0 aliphatic rings. The predicted molar refractivity (Wildman–Crippen MR) is 426 cm³/mol. The Hall–Kier alpha value is -6.10. The van der Waals surface area contributed by atoms with Crippen molar-refractivity contribution in [3.63, 3.8) is 0 Å². The van der Waals surface area contributed by atoms with E-state index in [9.17, 15) is 43.2 Å². The van der Waals surface area contributed by atoms with Gasteiger partial charge in [-0.25, -0.2) is 9.13 Å². The molecule has 0 rings (SSSR count). The second-order valence-corrected chi connectivity index (χ2v) is 27.7. The summed E-state index contributed by atoms with van der Waals surface area (Å²) in [5.41, 5.74) is 0. The SMILES string of the molecule is CC/C=C\C/C=C\C/C=C\C/C=C\C/C=C\C/C=C\CCC(=O)OCC(COP(=O)(O)OCC(O)COP(=O)(O)OCC(COC(=O)CCC/C=C\C/C=C\C/C=C\C/C=C\C/C=C\CC)OC(=O)CCCCCCC/C=C\CCCC)OC(=O)CCCCCC/C=C\C/C=C\C/C=C\C/C=C\CC. The van der Waals surface area contributed by atoms with Crippen molar-refractivity contribution in [2.45, 2.75) is 277 Å². The lowest BCUT2D eigenvalue weighted by atomic mass is 10.1. The number of allylic oxidation sites excluding steroid dienone is 32. The van der Waals surface area contributed by atoms with E-state index in [1.165, 1.54) is 6.42 Å². The Morgan fingerprint density at radius 2 is 0.529 bits per heavy atom. The zero-order valence-electron chi connectivity index (χ0n) is 63.9. The summed E-state index contributed by atoms with van der Waals surface area (Å²) >= 11 is 0. The molecule has 0 spiro atoms. The average Bonchev–Trinajstić information content (AvgIpc) is 0.931. The summed E-state index contributed by atoms with van der Waals surface area (Å²) < 4.78 is 68.3. The highest BCUT2D eigenvalue weighted by Crippen LogP contribution is 2.45. The van der Waals surface area contributed by atoms with E-state index in [2.05, 4.69) is 192 Å². The summed E-state index contributed by atoms with van der Waals surface area (Å²) in [6, 6.07) is 0. The Morgan fingerprint density at radius 3 is 0.865 bits per heavy atom. The molecule has 586 valence electrons. The van der Waals surface area contributed by atoms with Gasteiger partial charge in [0.2, 0.25) is 0 Å². The van der Waals surface area contributed by atoms with Gasteiger partial charge < -0.3 is 33.8 Å². The van der Waals surface area contributed by atoms with Crippen molar-refractivity contribution < 1.29 is 80.2 Å². The third-order valence-corrected chi connectivity index (χ3v) is 16.9. The van der Waals surface area contributed by atoms with Crippen LogP contribution in [0.3, 0.4) is 0 Å². The molecule has 0 heterocycles. The predicted octanol–water partition coefficient (Wildman–Crippen LogP) is 22.5. The Labute approximate surface area is 627 Å². The monoisotopic (exact) mass is 1490 g/mol. The fourth-order valence-electron chi connectivity index (χ4n) is 9.25.